The molecule has 3 nitrogen and oxygen atoms in total. The van der Waals surface area contributed by atoms with Gasteiger partial charge in [0.25, 0.3) is 0 Å². The van der Waals surface area contributed by atoms with Gasteiger partial charge in [-0.25, -0.2) is 4.98 Å². The molecular weight excluding hydrogens is 150 g/mol. The van der Waals surface area contributed by atoms with E-state index in [4.69, 9.17) is 5.73 Å². The summed E-state index contributed by atoms with van der Waals surface area (Å²) in [6, 6.07) is 1.92. The third-order valence-electron chi connectivity index (χ3n) is 2.02. The number of nitrogens with two attached hydrogens (primary N) is 1. The molecule has 0 aliphatic carbocycles. The molecular formula is C9H15N3. The minimum atomic E-state index is 0.779. The molecule has 12 heavy (non-hydrogen) atoms. The van der Waals surface area contributed by atoms with E-state index in [1.54, 1.807) is 6.20 Å². The highest BCUT2D eigenvalue weighted by Gasteiger charge is 2.05. The van der Waals surface area contributed by atoms with Gasteiger partial charge in [-0.2, -0.15) is 0 Å². The van der Waals surface area contributed by atoms with Crippen molar-refractivity contribution in [2.75, 3.05) is 24.2 Å². The molecule has 0 fully saturated rings. The third-order valence-corrected chi connectivity index (χ3v) is 2.02. The van der Waals surface area contributed by atoms with Crippen LogP contribution in [-0.4, -0.2) is 18.6 Å². The monoisotopic (exact) mass is 165 g/mol. The van der Waals surface area contributed by atoms with Gasteiger partial charge in [0.2, 0.25) is 0 Å². The van der Waals surface area contributed by atoms with E-state index in [1.165, 1.54) is 0 Å². The Balaban J connectivity index is 3.07. The van der Waals surface area contributed by atoms with Crippen LogP contribution in [0.5, 0.6) is 0 Å². The van der Waals surface area contributed by atoms with Crippen molar-refractivity contribution in [2.45, 2.75) is 13.8 Å². The van der Waals surface area contributed by atoms with Gasteiger partial charge in [-0.1, -0.05) is 0 Å². The van der Waals surface area contributed by atoms with Crippen LogP contribution in [0.25, 0.3) is 0 Å². The van der Waals surface area contributed by atoms with Gasteiger partial charge < -0.3 is 10.6 Å². The lowest BCUT2D eigenvalue weighted by atomic mass is 10.2. The van der Waals surface area contributed by atoms with E-state index in [1.807, 2.05) is 24.9 Å². The van der Waals surface area contributed by atoms with Gasteiger partial charge in [-0.15, -0.1) is 0 Å². The lowest BCUT2D eigenvalue weighted by Crippen LogP contribution is -2.19. The number of aromatic nitrogens is 1. The topological polar surface area (TPSA) is 42.2 Å². The largest absolute Gasteiger partial charge is 0.396 e. The molecule has 0 spiro atoms. The quantitative estimate of drug-likeness (QED) is 0.720. The van der Waals surface area contributed by atoms with Gasteiger partial charge >= 0.3 is 0 Å². The predicted molar refractivity (Wildman–Crippen MR) is 52.3 cm³/mol. The molecule has 2 N–H and O–H groups in total. The maximum absolute atomic E-state index is 5.85. The number of aryl methyl sites for hydroxylation is 1. The van der Waals surface area contributed by atoms with Crippen molar-refractivity contribution in [2.24, 2.45) is 0 Å². The summed E-state index contributed by atoms with van der Waals surface area (Å²) in [5, 5.41) is 0. The summed E-state index contributed by atoms with van der Waals surface area (Å²) < 4.78 is 0. The fourth-order valence-corrected chi connectivity index (χ4v) is 1.01. The van der Waals surface area contributed by atoms with Crippen LogP contribution < -0.4 is 10.6 Å². The molecule has 0 aliphatic rings. The van der Waals surface area contributed by atoms with E-state index in [-0.39, 0.29) is 0 Å². The van der Waals surface area contributed by atoms with E-state index in [0.29, 0.717) is 0 Å². The van der Waals surface area contributed by atoms with E-state index < -0.39 is 0 Å². The first-order valence-electron chi connectivity index (χ1n) is 4.09. The van der Waals surface area contributed by atoms with Gasteiger partial charge in [-0.05, 0) is 25.5 Å². The second-order valence-electron chi connectivity index (χ2n) is 2.88. The van der Waals surface area contributed by atoms with E-state index in [9.17, 15) is 0 Å². The molecule has 0 aliphatic heterocycles. The summed E-state index contributed by atoms with van der Waals surface area (Å²) in [5.41, 5.74) is 7.72. The zero-order valence-electron chi connectivity index (χ0n) is 7.83. The molecule has 1 aromatic rings. The zero-order chi connectivity index (χ0) is 9.14. The Morgan fingerprint density at radius 3 is 2.83 bits per heavy atom. The average molecular weight is 165 g/mol. The molecule has 1 rings (SSSR count). The number of rotatable bonds is 2. The summed E-state index contributed by atoms with van der Waals surface area (Å²) in [6.45, 7) is 4.98. The van der Waals surface area contributed by atoms with Gasteiger partial charge in [-0.3, -0.25) is 0 Å². The summed E-state index contributed by atoms with van der Waals surface area (Å²) in [6.07, 6.45) is 1.78. The van der Waals surface area contributed by atoms with Crippen LogP contribution in [0.1, 0.15) is 12.5 Å². The van der Waals surface area contributed by atoms with Crippen LogP contribution in [0.2, 0.25) is 0 Å². The molecule has 0 radical (unpaired) electrons. The van der Waals surface area contributed by atoms with Crippen molar-refractivity contribution in [3.05, 3.63) is 17.8 Å². The van der Waals surface area contributed by atoms with Gasteiger partial charge in [0.05, 0.1) is 5.69 Å². The third kappa shape index (κ3) is 1.49. The summed E-state index contributed by atoms with van der Waals surface area (Å²) >= 11 is 0. The summed E-state index contributed by atoms with van der Waals surface area (Å²) in [4.78, 5) is 6.24. The highest BCUT2D eigenvalue weighted by molar-refractivity contribution is 5.65. The molecule has 0 saturated heterocycles. The predicted octanol–water partition coefficient (Wildman–Crippen LogP) is 1.43. The van der Waals surface area contributed by atoms with Crippen LogP contribution >= 0.6 is 0 Å². The van der Waals surface area contributed by atoms with Crippen molar-refractivity contribution in [3.63, 3.8) is 0 Å². The Labute approximate surface area is 73.2 Å². The Morgan fingerprint density at radius 1 is 1.58 bits per heavy atom. The molecule has 3 heteroatoms. The second kappa shape index (κ2) is 3.43. The molecule has 0 amide bonds. The van der Waals surface area contributed by atoms with Crippen LogP contribution in [0.15, 0.2) is 12.3 Å². The smallest absolute Gasteiger partial charge is 0.151 e. The van der Waals surface area contributed by atoms with Gasteiger partial charge in [0.15, 0.2) is 5.82 Å². The number of nitrogens with zero attached hydrogens (tertiary/aromatic N) is 2. The molecule has 66 valence electrons. The lowest BCUT2D eigenvalue weighted by Gasteiger charge is -2.18. The first kappa shape index (κ1) is 8.84. The fraction of sp³-hybridized carbons (Fsp3) is 0.444. The number of nitrogen functional groups attached to an aromatic ring is 1. The normalized spacial score (nSPS) is 9.92. The van der Waals surface area contributed by atoms with Crippen molar-refractivity contribution < 1.29 is 0 Å². The van der Waals surface area contributed by atoms with Crippen molar-refractivity contribution in [1.29, 1.82) is 0 Å². The van der Waals surface area contributed by atoms with E-state index in [2.05, 4.69) is 11.9 Å². The number of hydrogen-bond acceptors (Lipinski definition) is 3. The number of hydrogen-bond donors (Lipinski definition) is 1. The van der Waals surface area contributed by atoms with Crippen molar-refractivity contribution >= 4 is 11.5 Å². The van der Waals surface area contributed by atoms with E-state index in [0.717, 1.165) is 23.6 Å². The summed E-state index contributed by atoms with van der Waals surface area (Å²) in [7, 11) is 1.98. The average Bonchev–Trinajstić information content (AvgIpc) is 2.08. The fourth-order valence-electron chi connectivity index (χ4n) is 1.01. The number of anilines is 2. The first-order valence-corrected chi connectivity index (χ1v) is 4.09. The molecule has 0 atom stereocenters. The Bertz CT molecular complexity index is 270. The highest BCUT2D eigenvalue weighted by Crippen LogP contribution is 2.21. The SMILES string of the molecule is CCN(C)c1nccc(C)c1N. The van der Waals surface area contributed by atoms with E-state index >= 15 is 0 Å². The maximum atomic E-state index is 5.85. The molecule has 0 unspecified atom stereocenters. The lowest BCUT2D eigenvalue weighted by molar-refractivity contribution is 0.939. The maximum Gasteiger partial charge on any atom is 0.151 e. The van der Waals surface area contributed by atoms with Crippen LogP contribution in [-0.2, 0) is 0 Å². The van der Waals surface area contributed by atoms with Crippen LogP contribution in [0.4, 0.5) is 11.5 Å². The minimum Gasteiger partial charge on any atom is -0.396 e. The highest BCUT2D eigenvalue weighted by atomic mass is 15.2. The molecule has 0 bridgehead atoms. The van der Waals surface area contributed by atoms with Crippen LogP contribution in [0.3, 0.4) is 0 Å². The first-order chi connectivity index (χ1) is 5.66. The minimum absolute atomic E-state index is 0.779. The number of pyridine rings is 1. The molecule has 0 saturated carbocycles. The standard InChI is InChI=1S/C9H15N3/c1-4-12(3)9-8(10)7(2)5-6-11-9/h5-6H,4,10H2,1-3H3. The second-order valence-corrected chi connectivity index (χ2v) is 2.88. The Hall–Kier alpha value is -1.25. The zero-order valence-corrected chi connectivity index (χ0v) is 7.83. The molecule has 0 aromatic carbocycles. The van der Waals surface area contributed by atoms with Crippen molar-refractivity contribution in [3.8, 4) is 0 Å². The van der Waals surface area contributed by atoms with Gasteiger partial charge in [0.1, 0.15) is 0 Å². The molecule has 1 heterocycles. The molecule has 1 aromatic heterocycles. The summed E-state index contributed by atoms with van der Waals surface area (Å²) in [5.74, 6) is 0.873. The Morgan fingerprint density at radius 2 is 2.25 bits per heavy atom. The van der Waals surface area contributed by atoms with Crippen LogP contribution in [0, 0.1) is 6.92 Å². The van der Waals surface area contributed by atoms with Gasteiger partial charge in [0, 0.05) is 19.8 Å². The Kier molecular flexibility index (Phi) is 2.53. The van der Waals surface area contributed by atoms with Crippen molar-refractivity contribution in [1.82, 2.24) is 4.98 Å².